The maximum absolute atomic E-state index is 11.7. The van der Waals surface area contributed by atoms with Crippen molar-refractivity contribution in [1.82, 2.24) is 5.32 Å². The molecule has 1 atom stereocenters. The maximum Gasteiger partial charge on any atom is 0.326 e. The summed E-state index contributed by atoms with van der Waals surface area (Å²) in [5, 5.41) is 11.3. The second kappa shape index (κ2) is 9.74. The van der Waals surface area contributed by atoms with Crippen LogP contribution in [0.3, 0.4) is 0 Å². The summed E-state index contributed by atoms with van der Waals surface area (Å²) in [5.74, 6) is -2.24. The first-order valence-corrected chi connectivity index (χ1v) is 6.84. The van der Waals surface area contributed by atoms with Crippen molar-refractivity contribution in [2.45, 2.75) is 52.5 Å². The number of carboxylic acid groups (broad SMARTS) is 1. The summed E-state index contributed by atoms with van der Waals surface area (Å²) in [4.78, 5) is 33.4. The monoisotopic (exact) mass is 296 g/mol. The van der Waals surface area contributed by atoms with Gasteiger partial charge < -0.3 is 16.2 Å². The average molecular weight is 296 g/mol. The number of hydrogen-bond donors (Lipinski definition) is 3. The molecule has 4 N–H and O–H groups in total. The van der Waals surface area contributed by atoms with Crippen LogP contribution in [0, 0.1) is 0 Å². The summed E-state index contributed by atoms with van der Waals surface area (Å²) >= 11 is 0. The molecule has 0 saturated heterocycles. The van der Waals surface area contributed by atoms with Crippen LogP contribution in [0.2, 0.25) is 0 Å². The van der Waals surface area contributed by atoms with E-state index in [4.69, 9.17) is 10.8 Å². The van der Waals surface area contributed by atoms with Crippen molar-refractivity contribution in [3.63, 3.8) is 0 Å². The van der Waals surface area contributed by atoms with E-state index in [1.54, 1.807) is 0 Å². The Kier molecular flexibility index (Phi) is 8.76. The van der Waals surface area contributed by atoms with Crippen molar-refractivity contribution < 1.29 is 19.5 Å². The van der Waals surface area contributed by atoms with Gasteiger partial charge in [0.05, 0.1) is 0 Å². The van der Waals surface area contributed by atoms with Crippen LogP contribution in [0.1, 0.15) is 46.5 Å². The van der Waals surface area contributed by atoms with Crippen LogP contribution in [0.4, 0.5) is 0 Å². The van der Waals surface area contributed by atoms with Gasteiger partial charge in [-0.1, -0.05) is 17.2 Å². The van der Waals surface area contributed by atoms with Crippen molar-refractivity contribution in [2.24, 2.45) is 5.73 Å². The molecule has 1 unspecified atom stereocenters. The molecular formula is C15H24N2O4. The molecule has 0 heterocycles. The molecule has 21 heavy (non-hydrogen) atoms. The van der Waals surface area contributed by atoms with E-state index in [1.807, 2.05) is 20.8 Å². The normalized spacial score (nSPS) is 12.4. The lowest BCUT2D eigenvalue weighted by atomic mass is 10.1. The molecule has 0 saturated carbocycles. The zero-order valence-electron chi connectivity index (χ0n) is 12.8. The predicted octanol–water partition coefficient (Wildman–Crippen LogP) is 1.51. The highest BCUT2D eigenvalue weighted by molar-refractivity contribution is 5.91. The number of primary amides is 1. The number of carbonyl (C=O) groups is 3. The lowest BCUT2D eigenvalue weighted by Crippen LogP contribution is -2.40. The Morgan fingerprint density at radius 1 is 1.19 bits per heavy atom. The predicted molar refractivity (Wildman–Crippen MR) is 80.4 cm³/mol. The number of aliphatic carboxylic acids is 1. The minimum atomic E-state index is -1.18. The molecule has 0 aromatic heterocycles. The third-order valence-corrected chi connectivity index (χ3v) is 2.76. The Hall–Kier alpha value is -2.11. The molecule has 118 valence electrons. The zero-order valence-corrected chi connectivity index (χ0v) is 12.8. The van der Waals surface area contributed by atoms with Gasteiger partial charge >= 0.3 is 5.97 Å². The molecular weight excluding hydrogens is 272 g/mol. The van der Waals surface area contributed by atoms with Gasteiger partial charge in [-0.2, -0.15) is 0 Å². The fraction of sp³-hybridized carbons (Fsp3) is 0.533. The number of nitrogens with one attached hydrogen (secondary N) is 1. The zero-order chi connectivity index (χ0) is 16.4. The summed E-state index contributed by atoms with van der Waals surface area (Å²) < 4.78 is 0. The van der Waals surface area contributed by atoms with E-state index in [9.17, 15) is 14.4 Å². The molecule has 0 fully saturated rings. The minimum Gasteiger partial charge on any atom is -0.480 e. The maximum atomic E-state index is 11.7. The van der Waals surface area contributed by atoms with Gasteiger partial charge in [0.25, 0.3) is 0 Å². The average Bonchev–Trinajstić information content (AvgIpc) is 2.33. The highest BCUT2D eigenvalue weighted by Crippen LogP contribution is 2.06. The molecule has 2 amide bonds. The molecule has 0 aromatic carbocycles. The summed E-state index contributed by atoms with van der Waals surface area (Å²) in [6, 6.07) is -1.10. The SMILES string of the molecule is CC(C)=CCCC(C)=CC(=O)NC(CCC(N)=O)C(=O)O. The van der Waals surface area contributed by atoms with Gasteiger partial charge in [-0.15, -0.1) is 0 Å². The third-order valence-electron chi connectivity index (χ3n) is 2.76. The van der Waals surface area contributed by atoms with Crippen molar-refractivity contribution >= 4 is 17.8 Å². The smallest absolute Gasteiger partial charge is 0.326 e. The fourth-order valence-electron chi connectivity index (χ4n) is 1.64. The van der Waals surface area contributed by atoms with Crippen LogP contribution in [-0.2, 0) is 14.4 Å². The van der Waals surface area contributed by atoms with Crippen LogP contribution in [0.15, 0.2) is 23.3 Å². The first kappa shape index (κ1) is 18.9. The molecule has 0 radical (unpaired) electrons. The van der Waals surface area contributed by atoms with Gasteiger partial charge in [-0.3, -0.25) is 9.59 Å². The second-order valence-corrected chi connectivity index (χ2v) is 5.22. The Labute approximate surface area is 125 Å². The van der Waals surface area contributed by atoms with E-state index in [2.05, 4.69) is 11.4 Å². The number of allylic oxidation sites excluding steroid dienone is 3. The van der Waals surface area contributed by atoms with E-state index in [0.717, 1.165) is 18.4 Å². The summed E-state index contributed by atoms with van der Waals surface area (Å²) in [7, 11) is 0. The van der Waals surface area contributed by atoms with Crippen molar-refractivity contribution in [3.05, 3.63) is 23.3 Å². The second-order valence-electron chi connectivity index (χ2n) is 5.22. The van der Waals surface area contributed by atoms with Gasteiger partial charge in [0.1, 0.15) is 6.04 Å². The van der Waals surface area contributed by atoms with Gasteiger partial charge in [0, 0.05) is 12.5 Å². The fourth-order valence-corrected chi connectivity index (χ4v) is 1.64. The number of hydrogen-bond acceptors (Lipinski definition) is 3. The standard InChI is InChI=1S/C15H24N2O4/c1-10(2)5-4-6-11(3)9-14(19)17-12(15(20)21)7-8-13(16)18/h5,9,12H,4,6-8H2,1-3H3,(H2,16,18)(H,17,19)(H,20,21). The number of carboxylic acids is 1. The van der Waals surface area contributed by atoms with Gasteiger partial charge in [0.15, 0.2) is 0 Å². The number of amides is 2. The molecule has 0 bridgehead atoms. The Balaban J connectivity index is 4.44. The van der Waals surface area contributed by atoms with Crippen LogP contribution >= 0.6 is 0 Å². The van der Waals surface area contributed by atoms with Crippen molar-refractivity contribution in [3.8, 4) is 0 Å². The largest absolute Gasteiger partial charge is 0.480 e. The topological polar surface area (TPSA) is 109 Å². The molecule has 0 rings (SSSR count). The van der Waals surface area contributed by atoms with Gasteiger partial charge in [-0.25, -0.2) is 4.79 Å². The Morgan fingerprint density at radius 2 is 1.81 bits per heavy atom. The van der Waals surface area contributed by atoms with Gasteiger partial charge in [-0.05, 0) is 40.0 Å². The Bertz CT molecular complexity index is 449. The lowest BCUT2D eigenvalue weighted by Gasteiger charge is -2.12. The van der Waals surface area contributed by atoms with Crippen LogP contribution in [-0.4, -0.2) is 28.9 Å². The molecule has 6 nitrogen and oxygen atoms in total. The number of carbonyl (C=O) groups excluding carboxylic acids is 2. The molecule has 0 aromatic rings. The van der Waals surface area contributed by atoms with E-state index < -0.39 is 23.8 Å². The van der Waals surface area contributed by atoms with Gasteiger partial charge in [0.2, 0.25) is 11.8 Å². The van der Waals surface area contributed by atoms with Crippen molar-refractivity contribution in [1.29, 1.82) is 0 Å². The third kappa shape index (κ3) is 10.4. The first-order chi connectivity index (χ1) is 9.72. The van der Waals surface area contributed by atoms with E-state index in [1.165, 1.54) is 11.6 Å². The summed E-state index contributed by atoms with van der Waals surface area (Å²) in [6.45, 7) is 5.82. The Morgan fingerprint density at radius 3 is 2.29 bits per heavy atom. The number of nitrogens with two attached hydrogens (primary N) is 1. The highest BCUT2D eigenvalue weighted by atomic mass is 16.4. The first-order valence-electron chi connectivity index (χ1n) is 6.84. The van der Waals surface area contributed by atoms with E-state index in [-0.39, 0.29) is 12.8 Å². The molecule has 0 aliphatic carbocycles. The summed E-state index contributed by atoms with van der Waals surface area (Å²) in [6.07, 6.45) is 4.93. The lowest BCUT2D eigenvalue weighted by molar-refractivity contribution is -0.141. The van der Waals surface area contributed by atoms with E-state index >= 15 is 0 Å². The van der Waals surface area contributed by atoms with E-state index in [0.29, 0.717) is 0 Å². The van der Waals surface area contributed by atoms with Crippen molar-refractivity contribution in [2.75, 3.05) is 0 Å². The number of rotatable bonds is 9. The molecule has 6 heteroatoms. The quantitative estimate of drug-likeness (QED) is 0.442. The van der Waals surface area contributed by atoms with Crippen LogP contribution in [0.5, 0.6) is 0 Å². The molecule has 0 spiro atoms. The minimum absolute atomic E-state index is 0.0128. The molecule has 0 aliphatic heterocycles. The summed E-state index contributed by atoms with van der Waals surface area (Å²) in [5.41, 5.74) is 7.05. The molecule has 0 aliphatic rings. The van der Waals surface area contributed by atoms with Crippen LogP contribution < -0.4 is 11.1 Å². The highest BCUT2D eigenvalue weighted by Gasteiger charge is 2.19. The van der Waals surface area contributed by atoms with Crippen LogP contribution in [0.25, 0.3) is 0 Å².